The van der Waals surface area contributed by atoms with Gasteiger partial charge in [0.1, 0.15) is 10.0 Å². The molecule has 1 aliphatic rings. The summed E-state index contributed by atoms with van der Waals surface area (Å²) in [6.45, 7) is 2.90. The molecule has 0 atom stereocenters. The molecule has 0 N–H and O–H groups in total. The van der Waals surface area contributed by atoms with E-state index < -0.39 is 0 Å². The van der Waals surface area contributed by atoms with Crippen molar-refractivity contribution < 1.29 is 19.1 Å². The molecule has 0 saturated heterocycles. The van der Waals surface area contributed by atoms with Crippen LogP contribution in [0, 0.1) is 3.70 Å². The molecule has 0 unspecified atom stereocenters. The summed E-state index contributed by atoms with van der Waals surface area (Å²) >= 11 is 2.09. The number of rotatable bonds is 10. The average Bonchev–Trinajstić information content (AvgIpc) is 3.27. The minimum atomic E-state index is -0.387. The lowest BCUT2D eigenvalue weighted by molar-refractivity contribution is -0.143. The van der Waals surface area contributed by atoms with Gasteiger partial charge in [0.25, 0.3) is 11.8 Å². The molecule has 10 heteroatoms. The number of aryl methyl sites for hydroxylation is 1. The smallest absolute Gasteiger partial charge is 0.305 e. The van der Waals surface area contributed by atoms with Gasteiger partial charge in [0, 0.05) is 13.0 Å². The summed E-state index contributed by atoms with van der Waals surface area (Å²) in [6, 6.07) is 6.77. The quantitative estimate of drug-likeness (QED) is 0.159. The first-order valence-corrected chi connectivity index (χ1v) is 12.1. The van der Waals surface area contributed by atoms with E-state index in [1.165, 1.54) is 6.33 Å². The predicted octanol–water partition coefficient (Wildman–Crippen LogP) is 4.14. The van der Waals surface area contributed by atoms with E-state index in [4.69, 9.17) is 4.74 Å². The molecule has 3 aromatic rings. The van der Waals surface area contributed by atoms with E-state index in [1.807, 2.05) is 6.92 Å². The standard InChI is InChI=1S/C23H24IN5O4/c1-2-33-17(30)12-6-4-3-5-9-13-28-20-18(19(24)27-28)21(26-14-25-20)29-22(31)15-10-7-8-11-16(15)23(29)32/h7-8,10-11,14H,2-6,9,12-13H2,1H3. The summed E-state index contributed by atoms with van der Waals surface area (Å²) in [5.41, 5.74) is 1.35. The van der Waals surface area contributed by atoms with Gasteiger partial charge >= 0.3 is 5.97 Å². The highest BCUT2D eigenvalue weighted by Gasteiger charge is 2.38. The zero-order chi connectivity index (χ0) is 23.4. The van der Waals surface area contributed by atoms with Crippen molar-refractivity contribution in [3.8, 4) is 0 Å². The first-order valence-electron chi connectivity index (χ1n) is 11.0. The highest BCUT2D eigenvalue weighted by molar-refractivity contribution is 14.1. The van der Waals surface area contributed by atoms with Crippen LogP contribution in [0.1, 0.15) is 66.2 Å². The van der Waals surface area contributed by atoms with Crippen LogP contribution in [0.25, 0.3) is 11.0 Å². The number of fused-ring (bicyclic) bond motifs is 2. The number of carbonyl (C=O) groups is 3. The minimum Gasteiger partial charge on any atom is -0.466 e. The summed E-state index contributed by atoms with van der Waals surface area (Å²) in [7, 11) is 0. The van der Waals surface area contributed by atoms with Crippen LogP contribution in [0.3, 0.4) is 0 Å². The number of hydrogen-bond acceptors (Lipinski definition) is 7. The molecular weight excluding hydrogens is 537 g/mol. The zero-order valence-electron chi connectivity index (χ0n) is 18.3. The van der Waals surface area contributed by atoms with E-state index in [9.17, 15) is 14.4 Å². The van der Waals surface area contributed by atoms with Crippen LogP contribution < -0.4 is 4.90 Å². The van der Waals surface area contributed by atoms with Crippen LogP contribution in [0.4, 0.5) is 5.82 Å². The fourth-order valence-electron chi connectivity index (χ4n) is 3.95. The summed E-state index contributed by atoms with van der Waals surface area (Å²) in [6.07, 6.45) is 6.56. The van der Waals surface area contributed by atoms with E-state index >= 15 is 0 Å². The lowest BCUT2D eigenvalue weighted by Crippen LogP contribution is -2.30. The van der Waals surface area contributed by atoms with E-state index in [-0.39, 0.29) is 23.6 Å². The SMILES string of the molecule is CCOC(=O)CCCCCCCn1nc(I)c2c(N3C(=O)c4ccccc4C3=O)ncnc21. The molecule has 172 valence electrons. The molecule has 0 aliphatic carbocycles. The van der Waals surface area contributed by atoms with Crippen LogP contribution in [0.15, 0.2) is 30.6 Å². The van der Waals surface area contributed by atoms with Crippen molar-refractivity contribution in [1.29, 1.82) is 0 Å². The van der Waals surface area contributed by atoms with Crippen molar-refractivity contribution in [3.05, 3.63) is 45.4 Å². The number of anilines is 1. The lowest BCUT2D eigenvalue weighted by Gasteiger charge is -2.13. The number of carbonyl (C=O) groups excluding carboxylic acids is 3. The maximum atomic E-state index is 12.9. The molecule has 3 heterocycles. The van der Waals surface area contributed by atoms with Gasteiger partial charge in [0.15, 0.2) is 11.5 Å². The molecule has 0 saturated carbocycles. The third kappa shape index (κ3) is 4.75. The Bertz CT molecular complexity index is 1170. The van der Waals surface area contributed by atoms with E-state index in [0.29, 0.717) is 45.4 Å². The highest BCUT2D eigenvalue weighted by atomic mass is 127. The molecule has 0 spiro atoms. The number of aromatic nitrogens is 4. The molecule has 2 amide bonds. The summed E-state index contributed by atoms with van der Waals surface area (Å²) < 4.78 is 7.39. The highest BCUT2D eigenvalue weighted by Crippen LogP contribution is 2.33. The molecule has 33 heavy (non-hydrogen) atoms. The topological polar surface area (TPSA) is 107 Å². The molecule has 2 aromatic heterocycles. The van der Waals surface area contributed by atoms with Gasteiger partial charge in [-0.15, -0.1) is 0 Å². The summed E-state index contributed by atoms with van der Waals surface area (Å²) in [5.74, 6) is -0.645. The van der Waals surface area contributed by atoms with Crippen LogP contribution in [0.5, 0.6) is 0 Å². The Balaban J connectivity index is 1.43. The zero-order valence-corrected chi connectivity index (χ0v) is 20.4. The third-order valence-electron chi connectivity index (χ3n) is 5.53. The average molecular weight is 561 g/mol. The number of nitrogens with zero attached hydrogens (tertiary/aromatic N) is 5. The van der Waals surface area contributed by atoms with Crippen LogP contribution in [0.2, 0.25) is 0 Å². The van der Waals surface area contributed by atoms with Crippen molar-refractivity contribution in [1.82, 2.24) is 19.7 Å². The Morgan fingerprint density at radius 1 is 1.00 bits per heavy atom. The van der Waals surface area contributed by atoms with Gasteiger partial charge in [0.2, 0.25) is 0 Å². The van der Waals surface area contributed by atoms with Crippen molar-refractivity contribution in [2.75, 3.05) is 11.5 Å². The monoisotopic (exact) mass is 561 g/mol. The van der Waals surface area contributed by atoms with Crippen molar-refractivity contribution >= 4 is 57.2 Å². The molecule has 1 aliphatic heterocycles. The molecular formula is C23H24IN5O4. The van der Waals surface area contributed by atoms with E-state index in [2.05, 4.69) is 37.7 Å². The number of esters is 1. The first-order chi connectivity index (χ1) is 16.0. The van der Waals surface area contributed by atoms with Crippen LogP contribution in [-0.2, 0) is 16.1 Å². The Hall–Kier alpha value is -2.89. The van der Waals surface area contributed by atoms with Gasteiger partial charge < -0.3 is 4.74 Å². The van der Waals surface area contributed by atoms with E-state index in [1.54, 1.807) is 28.9 Å². The van der Waals surface area contributed by atoms with Crippen LogP contribution in [-0.4, -0.2) is 44.1 Å². The van der Waals surface area contributed by atoms with Gasteiger partial charge in [-0.3, -0.25) is 14.4 Å². The molecule has 0 bridgehead atoms. The maximum absolute atomic E-state index is 12.9. The molecule has 4 rings (SSSR count). The second-order valence-corrected chi connectivity index (χ2v) is 8.75. The summed E-state index contributed by atoms with van der Waals surface area (Å²) in [4.78, 5) is 47.0. The Labute approximate surface area is 204 Å². The van der Waals surface area contributed by atoms with Gasteiger partial charge in [-0.05, 0) is 54.5 Å². The number of imide groups is 1. The predicted molar refractivity (Wildman–Crippen MR) is 130 cm³/mol. The number of unbranched alkanes of at least 4 members (excludes halogenated alkanes) is 4. The number of benzene rings is 1. The van der Waals surface area contributed by atoms with Crippen molar-refractivity contribution in [2.45, 2.75) is 52.0 Å². The number of ether oxygens (including phenoxy) is 1. The Morgan fingerprint density at radius 3 is 2.36 bits per heavy atom. The molecule has 9 nitrogen and oxygen atoms in total. The normalized spacial score (nSPS) is 13.1. The summed E-state index contributed by atoms with van der Waals surface area (Å²) in [5, 5.41) is 5.19. The number of amides is 2. The fraction of sp³-hybridized carbons (Fsp3) is 0.391. The Kier molecular flexibility index (Phi) is 7.31. The number of hydrogen-bond donors (Lipinski definition) is 0. The van der Waals surface area contributed by atoms with Gasteiger partial charge in [-0.2, -0.15) is 5.10 Å². The largest absolute Gasteiger partial charge is 0.466 e. The first kappa shape index (κ1) is 23.3. The second-order valence-electron chi connectivity index (χ2n) is 7.72. The molecule has 1 aromatic carbocycles. The van der Waals surface area contributed by atoms with Crippen LogP contribution >= 0.6 is 22.6 Å². The fourth-order valence-corrected chi connectivity index (χ4v) is 4.70. The third-order valence-corrected chi connectivity index (χ3v) is 6.28. The minimum absolute atomic E-state index is 0.136. The Morgan fingerprint density at radius 2 is 1.67 bits per heavy atom. The molecule has 0 fully saturated rings. The number of halogens is 1. The van der Waals surface area contributed by atoms with Gasteiger partial charge in [-0.1, -0.05) is 31.4 Å². The van der Waals surface area contributed by atoms with E-state index in [0.717, 1.165) is 37.0 Å². The maximum Gasteiger partial charge on any atom is 0.305 e. The van der Waals surface area contributed by atoms with Crippen molar-refractivity contribution in [3.63, 3.8) is 0 Å². The van der Waals surface area contributed by atoms with Crippen molar-refractivity contribution in [2.24, 2.45) is 0 Å². The van der Waals surface area contributed by atoms with Gasteiger partial charge in [-0.25, -0.2) is 19.5 Å². The lowest BCUT2D eigenvalue weighted by atomic mass is 10.1. The molecule has 0 radical (unpaired) electrons. The van der Waals surface area contributed by atoms with Gasteiger partial charge in [0.05, 0.1) is 23.1 Å². The second kappa shape index (κ2) is 10.4.